The summed E-state index contributed by atoms with van der Waals surface area (Å²) < 4.78 is 4.68. The highest BCUT2D eigenvalue weighted by Gasteiger charge is 1.89. The molecule has 76 valence electrons. The number of esters is 1. The third kappa shape index (κ3) is 8.61. The molecule has 0 aliphatic carbocycles. The molecule has 0 aromatic heterocycles. The fourth-order valence-electron chi connectivity index (χ4n) is 0.705. The lowest BCUT2D eigenvalue weighted by atomic mass is 10.3. The maximum atomic E-state index is 10.8. The summed E-state index contributed by atoms with van der Waals surface area (Å²) in [7, 11) is 0. The van der Waals surface area contributed by atoms with Gasteiger partial charge in [-0.05, 0) is 25.5 Å². The maximum Gasteiger partial charge on any atom is 0.331 e. The molecule has 0 radical (unpaired) electrons. The third-order valence-electron chi connectivity index (χ3n) is 1.33. The van der Waals surface area contributed by atoms with Crippen molar-refractivity contribution in [3.8, 4) is 11.8 Å². The quantitative estimate of drug-likeness (QED) is 0.388. The Bertz CT molecular complexity index is 264. The van der Waals surface area contributed by atoms with Crippen LogP contribution in [0, 0.1) is 11.8 Å². The van der Waals surface area contributed by atoms with E-state index in [1.807, 2.05) is 6.08 Å². The second kappa shape index (κ2) is 9.60. The highest BCUT2D eigenvalue weighted by Crippen LogP contribution is 1.86. The minimum atomic E-state index is -0.348. The summed E-state index contributed by atoms with van der Waals surface area (Å²) in [6.45, 7) is 4.27. The van der Waals surface area contributed by atoms with Crippen LogP contribution in [-0.4, -0.2) is 12.6 Å². The van der Waals surface area contributed by atoms with Crippen molar-refractivity contribution in [2.45, 2.75) is 26.7 Å². The summed E-state index contributed by atoms with van der Waals surface area (Å²) in [5.41, 5.74) is 0. The lowest BCUT2D eigenvalue weighted by Crippen LogP contribution is -1.98. The molecule has 0 aromatic rings. The van der Waals surface area contributed by atoms with E-state index in [0.29, 0.717) is 6.61 Å². The van der Waals surface area contributed by atoms with Crippen molar-refractivity contribution < 1.29 is 9.53 Å². The molecular formula is C12H16O2. The molecule has 0 aromatic carbocycles. The van der Waals surface area contributed by atoms with Gasteiger partial charge in [0.1, 0.15) is 0 Å². The second-order valence-electron chi connectivity index (χ2n) is 2.57. The molecule has 0 aliphatic heterocycles. The van der Waals surface area contributed by atoms with Crippen LogP contribution in [0.1, 0.15) is 26.7 Å². The summed E-state index contributed by atoms with van der Waals surface area (Å²) in [5, 5.41) is 0. The third-order valence-corrected chi connectivity index (χ3v) is 1.33. The number of unbranched alkanes of at least 4 members (excludes halogenated alkanes) is 1. The van der Waals surface area contributed by atoms with Crippen molar-refractivity contribution in [3.05, 3.63) is 24.3 Å². The van der Waals surface area contributed by atoms with Crippen LogP contribution in [0.25, 0.3) is 0 Å². The Kier molecular flexibility index (Phi) is 8.58. The van der Waals surface area contributed by atoms with Crippen LogP contribution in [0.4, 0.5) is 0 Å². The van der Waals surface area contributed by atoms with Crippen LogP contribution in [0.5, 0.6) is 0 Å². The van der Waals surface area contributed by atoms with E-state index in [4.69, 9.17) is 0 Å². The highest BCUT2D eigenvalue weighted by molar-refractivity contribution is 5.82. The van der Waals surface area contributed by atoms with E-state index in [2.05, 4.69) is 23.5 Å². The molecule has 0 bridgehead atoms. The van der Waals surface area contributed by atoms with Gasteiger partial charge in [-0.15, -0.1) is 0 Å². The molecule has 0 rings (SSSR count). The summed E-state index contributed by atoms with van der Waals surface area (Å²) >= 11 is 0. The van der Waals surface area contributed by atoms with Gasteiger partial charge in [0, 0.05) is 6.08 Å². The van der Waals surface area contributed by atoms with Gasteiger partial charge in [0.15, 0.2) is 0 Å². The van der Waals surface area contributed by atoms with Gasteiger partial charge in [-0.3, -0.25) is 0 Å². The molecule has 0 atom stereocenters. The summed E-state index contributed by atoms with van der Waals surface area (Å²) in [5.74, 6) is 5.16. The molecule has 0 amide bonds. The van der Waals surface area contributed by atoms with Crippen LogP contribution in [0.15, 0.2) is 24.3 Å². The van der Waals surface area contributed by atoms with Crippen molar-refractivity contribution in [3.63, 3.8) is 0 Å². The Labute approximate surface area is 85.6 Å². The molecule has 0 unspecified atom stereocenters. The molecule has 0 heterocycles. The Morgan fingerprint density at radius 2 is 2.00 bits per heavy atom. The Hall–Kier alpha value is -1.49. The van der Waals surface area contributed by atoms with Gasteiger partial charge < -0.3 is 4.74 Å². The molecule has 0 N–H and O–H groups in total. The average molecular weight is 192 g/mol. The number of carbonyl (C=O) groups is 1. The summed E-state index contributed by atoms with van der Waals surface area (Å²) in [4.78, 5) is 10.8. The second-order valence-corrected chi connectivity index (χ2v) is 2.57. The van der Waals surface area contributed by atoms with Crippen molar-refractivity contribution in [1.82, 2.24) is 0 Å². The van der Waals surface area contributed by atoms with E-state index in [-0.39, 0.29) is 5.97 Å². The SMILES string of the molecule is CCC/C=C/C#C/C=C/C(=O)OCC. The van der Waals surface area contributed by atoms with Gasteiger partial charge in [0.2, 0.25) is 0 Å². The Balaban J connectivity index is 3.74. The van der Waals surface area contributed by atoms with Crippen LogP contribution >= 0.6 is 0 Å². The number of rotatable bonds is 4. The molecule has 14 heavy (non-hydrogen) atoms. The number of ether oxygens (including phenoxy) is 1. The lowest BCUT2D eigenvalue weighted by molar-refractivity contribution is -0.137. The van der Waals surface area contributed by atoms with Crippen molar-refractivity contribution in [2.24, 2.45) is 0 Å². The van der Waals surface area contributed by atoms with Crippen LogP contribution in [0.2, 0.25) is 0 Å². The molecule has 0 saturated heterocycles. The number of hydrogen-bond acceptors (Lipinski definition) is 2. The van der Waals surface area contributed by atoms with E-state index in [1.165, 1.54) is 12.2 Å². The summed E-state index contributed by atoms with van der Waals surface area (Å²) in [6.07, 6.45) is 8.77. The number of allylic oxidation sites excluding steroid dienone is 3. The van der Waals surface area contributed by atoms with Crippen molar-refractivity contribution >= 4 is 5.97 Å². The van der Waals surface area contributed by atoms with Gasteiger partial charge in [-0.25, -0.2) is 4.79 Å². The van der Waals surface area contributed by atoms with Gasteiger partial charge in [-0.1, -0.05) is 31.3 Å². The topological polar surface area (TPSA) is 26.3 Å². The van der Waals surface area contributed by atoms with Crippen molar-refractivity contribution in [2.75, 3.05) is 6.61 Å². The molecule has 0 aliphatic rings. The molecule has 2 nitrogen and oxygen atoms in total. The van der Waals surface area contributed by atoms with Gasteiger partial charge >= 0.3 is 5.97 Å². The standard InChI is InChI=1S/C12H16O2/c1-3-5-6-7-8-9-10-11-12(13)14-4-2/h6-7,10-11H,3-5H2,1-2H3/b7-6+,11-10+. The van der Waals surface area contributed by atoms with Crippen molar-refractivity contribution in [1.29, 1.82) is 0 Å². The molecule has 0 saturated carbocycles. The molecule has 0 fully saturated rings. The first-order valence-corrected chi connectivity index (χ1v) is 4.80. The molecule has 0 spiro atoms. The van der Waals surface area contributed by atoms with E-state index >= 15 is 0 Å². The number of carbonyl (C=O) groups excluding carboxylic acids is 1. The first kappa shape index (κ1) is 12.5. The van der Waals surface area contributed by atoms with Crippen LogP contribution in [-0.2, 0) is 9.53 Å². The Morgan fingerprint density at radius 3 is 2.64 bits per heavy atom. The minimum Gasteiger partial charge on any atom is -0.463 e. The highest BCUT2D eigenvalue weighted by atomic mass is 16.5. The Morgan fingerprint density at radius 1 is 1.29 bits per heavy atom. The average Bonchev–Trinajstić information content (AvgIpc) is 2.17. The lowest BCUT2D eigenvalue weighted by Gasteiger charge is -1.91. The van der Waals surface area contributed by atoms with Gasteiger partial charge in [0.25, 0.3) is 0 Å². The first-order valence-electron chi connectivity index (χ1n) is 4.80. The molecular weight excluding hydrogens is 176 g/mol. The smallest absolute Gasteiger partial charge is 0.331 e. The summed E-state index contributed by atoms with van der Waals surface area (Å²) in [6, 6.07) is 0. The van der Waals surface area contributed by atoms with Gasteiger partial charge in [-0.2, -0.15) is 0 Å². The zero-order valence-electron chi connectivity index (χ0n) is 8.75. The van der Waals surface area contributed by atoms with E-state index in [1.54, 1.807) is 13.0 Å². The zero-order valence-corrected chi connectivity index (χ0v) is 8.75. The fourth-order valence-corrected chi connectivity index (χ4v) is 0.705. The largest absolute Gasteiger partial charge is 0.463 e. The number of hydrogen-bond donors (Lipinski definition) is 0. The van der Waals surface area contributed by atoms with E-state index in [0.717, 1.165) is 12.8 Å². The minimum absolute atomic E-state index is 0.348. The monoisotopic (exact) mass is 192 g/mol. The van der Waals surface area contributed by atoms with E-state index in [9.17, 15) is 4.79 Å². The van der Waals surface area contributed by atoms with E-state index < -0.39 is 0 Å². The van der Waals surface area contributed by atoms with Gasteiger partial charge in [0.05, 0.1) is 6.61 Å². The predicted molar refractivity (Wildman–Crippen MR) is 57.6 cm³/mol. The first-order chi connectivity index (χ1) is 6.81. The van der Waals surface area contributed by atoms with Crippen LogP contribution < -0.4 is 0 Å². The molecule has 2 heteroatoms. The normalized spacial score (nSPS) is 10.1. The predicted octanol–water partition coefficient (Wildman–Crippen LogP) is 2.47. The maximum absolute atomic E-state index is 10.8. The zero-order chi connectivity index (χ0) is 10.6. The van der Waals surface area contributed by atoms with Crippen LogP contribution in [0.3, 0.4) is 0 Å². The fraction of sp³-hybridized carbons (Fsp3) is 0.417.